The van der Waals surface area contributed by atoms with E-state index in [4.69, 9.17) is 4.98 Å². The molecule has 1 spiro atoms. The highest BCUT2D eigenvalue weighted by atomic mass is 16.2. The first-order valence-corrected chi connectivity index (χ1v) is 12.9. The maximum absolute atomic E-state index is 14.3. The summed E-state index contributed by atoms with van der Waals surface area (Å²) < 4.78 is 1.51. The molecule has 1 N–H and O–H groups in total. The number of urea groups is 1. The van der Waals surface area contributed by atoms with Crippen molar-refractivity contribution in [3.8, 4) is 0 Å². The zero-order chi connectivity index (χ0) is 24.3. The summed E-state index contributed by atoms with van der Waals surface area (Å²) in [5, 5.41) is 2.54. The summed E-state index contributed by atoms with van der Waals surface area (Å²) in [4.78, 5) is 63.0. The highest BCUT2D eigenvalue weighted by Gasteiger charge is 2.63. The monoisotopic (exact) mass is 477 g/mol. The van der Waals surface area contributed by atoms with Crippen LogP contribution >= 0.6 is 0 Å². The minimum atomic E-state index is -1.51. The SMILES string of the molecule is Cc1cccn2c(=O)c3c(nc12)N1CCCCCC1C1(C3)C(=O)NC(=O)N(C2CCCCC2)C1=O. The molecule has 5 heterocycles. The molecule has 0 aromatic carbocycles. The Morgan fingerprint density at radius 2 is 1.74 bits per heavy atom. The molecule has 2 unspecified atom stereocenters. The Morgan fingerprint density at radius 3 is 2.54 bits per heavy atom. The fourth-order valence-corrected chi connectivity index (χ4v) is 6.78. The summed E-state index contributed by atoms with van der Waals surface area (Å²) in [6.07, 6.45) is 9.53. The first kappa shape index (κ1) is 22.2. The molecule has 3 aliphatic heterocycles. The molecular formula is C26H31N5O4. The van der Waals surface area contributed by atoms with Crippen LogP contribution in [-0.4, -0.2) is 50.8 Å². The number of anilines is 1. The van der Waals surface area contributed by atoms with Gasteiger partial charge in [0.1, 0.15) is 11.5 Å². The van der Waals surface area contributed by atoms with Crippen molar-refractivity contribution in [3.63, 3.8) is 0 Å². The second-order valence-electron chi connectivity index (χ2n) is 10.5. The number of aryl methyl sites for hydroxylation is 1. The van der Waals surface area contributed by atoms with E-state index in [-0.39, 0.29) is 18.0 Å². The van der Waals surface area contributed by atoms with Crippen molar-refractivity contribution in [1.82, 2.24) is 19.6 Å². The number of aromatic nitrogens is 2. The highest BCUT2D eigenvalue weighted by Crippen LogP contribution is 2.46. The van der Waals surface area contributed by atoms with Crippen molar-refractivity contribution < 1.29 is 14.4 Å². The molecule has 2 atom stereocenters. The van der Waals surface area contributed by atoms with E-state index in [1.54, 1.807) is 12.3 Å². The standard InChI is InChI=1S/C26H31N5O4/c1-16-9-8-14-30-20(16)27-21-18(22(30)32)15-26(19-12-6-3-7-13-29(19)21)23(33)28-25(35)31(24(26)34)17-10-4-2-5-11-17/h8-9,14,17,19H,2-7,10-13,15H2,1H3,(H,28,33,35). The van der Waals surface area contributed by atoms with Crippen LogP contribution in [0.5, 0.6) is 0 Å². The average Bonchev–Trinajstić information content (AvgIpc) is 3.11. The highest BCUT2D eigenvalue weighted by molar-refractivity contribution is 6.20. The van der Waals surface area contributed by atoms with E-state index in [0.29, 0.717) is 30.0 Å². The zero-order valence-electron chi connectivity index (χ0n) is 20.1. The van der Waals surface area contributed by atoms with Crippen molar-refractivity contribution in [1.29, 1.82) is 0 Å². The normalized spacial score (nSPS) is 27.6. The molecule has 0 radical (unpaired) electrons. The van der Waals surface area contributed by atoms with Crippen LogP contribution in [0.25, 0.3) is 5.65 Å². The first-order valence-electron chi connectivity index (χ1n) is 12.9. The number of pyridine rings is 1. The van der Waals surface area contributed by atoms with Gasteiger partial charge in [-0.1, -0.05) is 38.2 Å². The van der Waals surface area contributed by atoms with E-state index in [9.17, 15) is 19.2 Å². The van der Waals surface area contributed by atoms with Crippen LogP contribution < -0.4 is 15.8 Å². The van der Waals surface area contributed by atoms with Gasteiger partial charge in [-0.3, -0.25) is 29.0 Å². The average molecular weight is 478 g/mol. The smallest absolute Gasteiger partial charge is 0.331 e. The van der Waals surface area contributed by atoms with Crippen molar-refractivity contribution in [3.05, 3.63) is 39.8 Å². The Bertz CT molecular complexity index is 1300. The lowest BCUT2D eigenvalue weighted by Crippen LogP contribution is -2.73. The van der Waals surface area contributed by atoms with Crippen molar-refractivity contribution in [2.75, 3.05) is 11.4 Å². The summed E-state index contributed by atoms with van der Waals surface area (Å²) in [7, 11) is 0. The van der Waals surface area contributed by atoms with E-state index >= 15 is 0 Å². The Morgan fingerprint density at radius 1 is 1.00 bits per heavy atom. The number of nitrogens with zero attached hydrogens (tertiary/aromatic N) is 4. The number of fused-ring (bicyclic) bond motifs is 5. The van der Waals surface area contributed by atoms with Crippen molar-refractivity contribution in [2.45, 2.75) is 83.2 Å². The number of hydrogen-bond donors (Lipinski definition) is 1. The van der Waals surface area contributed by atoms with Crippen molar-refractivity contribution >= 4 is 29.3 Å². The van der Waals surface area contributed by atoms with Crippen LogP contribution in [-0.2, 0) is 16.0 Å². The summed E-state index contributed by atoms with van der Waals surface area (Å²) >= 11 is 0. The third-order valence-electron chi connectivity index (χ3n) is 8.55. The topological polar surface area (TPSA) is 104 Å². The van der Waals surface area contributed by atoms with E-state index < -0.39 is 29.3 Å². The lowest BCUT2D eigenvalue weighted by Gasteiger charge is -2.52. The van der Waals surface area contributed by atoms with Gasteiger partial charge in [0.2, 0.25) is 11.8 Å². The van der Waals surface area contributed by atoms with E-state index in [2.05, 4.69) is 5.32 Å². The molecule has 35 heavy (non-hydrogen) atoms. The molecule has 0 bridgehead atoms. The van der Waals surface area contributed by atoms with E-state index in [1.165, 1.54) is 9.30 Å². The van der Waals surface area contributed by atoms with E-state index in [1.807, 2.05) is 17.9 Å². The molecule has 9 nitrogen and oxygen atoms in total. The molecule has 1 saturated carbocycles. The largest absolute Gasteiger partial charge is 0.352 e. The zero-order valence-corrected chi connectivity index (χ0v) is 20.1. The van der Waals surface area contributed by atoms with Crippen LogP contribution in [0, 0.1) is 12.3 Å². The second-order valence-corrected chi connectivity index (χ2v) is 10.5. The number of carbonyl (C=O) groups excluding carboxylic acids is 3. The number of rotatable bonds is 1. The van der Waals surface area contributed by atoms with Gasteiger partial charge in [-0.15, -0.1) is 0 Å². The molecule has 184 valence electrons. The molecule has 9 heteroatoms. The Hall–Kier alpha value is -3.23. The quantitative estimate of drug-likeness (QED) is 0.634. The van der Waals surface area contributed by atoms with Gasteiger partial charge in [0.15, 0.2) is 5.41 Å². The number of carbonyl (C=O) groups is 3. The van der Waals surface area contributed by atoms with Crippen LogP contribution in [0.15, 0.2) is 23.1 Å². The molecule has 2 aromatic rings. The van der Waals surface area contributed by atoms with Gasteiger partial charge < -0.3 is 4.90 Å². The van der Waals surface area contributed by atoms with Crippen molar-refractivity contribution in [2.24, 2.45) is 5.41 Å². The summed E-state index contributed by atoms with van der Waals surface area (Å²) in [5.41, 5.74) is 0.0974. The van der Waals surface area contributed by atoms with Gasteiger partial charge in [-0.25, -0.2) is 9.78 Å². The lowest BCUT2D eigenvalue weighted by atomic mass is 9.67. The van der Waals surface area contributed by atoms with Crippen LogP contribution in [0.3, 0.4) is 0 Å². The second kappa shape index (κ2) is 8.17. The van der Waals surface area contributed by atoms with Gasteiger partial charge in [-0.2, -0.15) is 0 Å². The molecule has 6 rings (SSSR count). The molecule has 2 saturated heterocycles. The van der Waals surface area contributed by atoms with Gasteiger partial charge >= 0.3 is 6.03 Å². The Labute approximate surface area is 203 Å². The first-order chi connectivity index (χ1) is 16.9. The lowest BCUT2D eigenvalue weighted by molar-refractivity contribution is -0.155. The minimum Gasteiger partial charge on any atom is -0.352 e. The molecule has 3 fully saturated rings. The number of barbiturate groups is 1. The predicted molar refractivity (Wildman–Crippen MR) is 129 cm³/mol. The fraction of sp³-hybridized carbons (Fsp3) is 0.577. The third kappa shape index (κ3) is 3.16. The summed E-state index contributed by atoms with van der Waals surface area (Å²) in [6, 6.07) is 2.45. The summed E-state index contributed by atoms with van der Waals surface area (Å²) in [5.74, 6) is -0.422. The molecule has 1 aliphatic carbocycles. The molecule has 2 aromatic heterocycles. The van der Waals surface area contributed by atoms with Crippen LogP contribution in [0.1, 0.15) is 68.9 Å². The van der Waals surface area contributed by atoms with Crippen LogP contribution in [0.4, 0.5) is 10.6 Å². The van der Waals surface area contributed by atoms with Gasteiger partial charge in [0.05, 0.1) is 11.6 Å². The maximum atomic E-state index is 14.3. The third-order valence-corrected chi connectivity index (χ3v) is 8.55. The number of nitrogens with one attached hydrogen (secondary N) is 1. The number of amides is 4. The Kier molecular flexibility index (Phi) is 5.19. The van der Waals surface area contributed by atoms with E-state index in [0.717, 1.165) is 56.9 Å². The van der Waals surface area contributed by atoms with Crippen LogP contribution in [0.2, 0.25) is 0 Å². The molecular weight excluding hydrogens is 446 g/mol. The van der Waals surface area contributed by atoms with Gasteiger partial charge in [0, 0.05) is 25.2 Å². The maximum Gasteiger partial charge on any atom is 0.331 e. The Balaban J connectivity index is 1.56. The van der Waals surface area contributed by atoms with Gasteiger partial charge in [-0.05, 0) is 44.2 Å². The molecule has 4 amide bonds. The summed E-state index contributed by atoms with van der Waals surface area (Å²) in [6.45, 7) is 2.54. The number of imide groups is 2. The fourth-order valence-electron chi connectivity index (χ4n) is 6.78. The van der Waals surface area contributed by atoms with Gasteiger partial charge in [0.25, 0.3) is 5.56 Å². The number of hydrogen-bond acceptors (Lipinski definition) is 6. The predicted octanol–water partition coefficient (Wildman–Crippen LogP) is 2.71. The molecule has 4 aliphatic rings. The minimum absolute atomic E-state index is 0.0343.